The molecule has 0 bridgehead atoms. The van der Waals surface area contributed by atoms with E-state index in [-0.39, 0.29) is 42.0 Å². The molecule has 1 aromatic rings. The molecule has 3 amide bonds. The lowest BCUT2D eigenvalue weighted by atomic mass is 9.82. The fourth-order valence-corrected chi connectivity index (χ4v) is 4.73. The van der Waals surface area contributed by atoms with Crippen molar-refractivity contribution < 1.29 is 14.4 Å². The summed E-state index contributed by atoms with van der Waals surface area (Å²) in [5.74, 6) is -0.292. The first kappa shape index (κ1) is 19.9. The topological polar surface area (TPSA) is 91.4 Å². The smallest absolute Gasteiger partial charge is 0.258 e. The Bertz CT molecular complexity index is 801. The second-order valence-electron chi connectivity index (χ2n) is 8.79. The number of pyridine rings is 1. The fourth-order valence-electron chi connectivity index (χ4n) is 4.73. The van der Waals surface area contributed by atoms with Gasteiger partial charge in [-0.15, -0.1) is 0 Å². The molecule has 4 rings (SSSR count). The molecule has 7 heteroatoms. The maximum absolute atomic E-state index is 13.7. The minimum Gasteiger partial charge on any atom is -0.351 e. The molecule has 0 spiro atoms. The van der Waals surface area contributed by atoms with Crippen LogP contribution in [0.4, 0.5) is 5.82 Å². The van der Waals surface area contributed by atoms with Gasteiger partial charge < -0.3 is 15.5 Å². The number of hydrogen-bond acceptors (Lipinski definition) is 4. The van der Waals surface area contributed by atoms with E-state index in [9.17, 15) is 14.4 Å². The Balaban J connectivity index is 1.70. The number of nitrogens with one attached hydrogen (secondary N) is 2. The van der Waals surface area contributed by atoms with Gasteiger partial charge in [0.25, 0.3) is 5.91 Å². The van der Waals surface area contributed by atoms with Crippen LogP contribution in [0.25, 0.3) is 0 Å². The molecule has 0 radical (unpaired) electrons. The Labute approximate surface area is 171 Å². The van der Waals surface area contributed by atoms with Crippen molar-refractivity contribution in [1.82, 2.24) is 15.2 Å². The lowest BCUT2D eigenvalue weighted by Crippen LogP contribution is -2.64. The first-order valence-corrected chi connectivity index (χ1v) is 10.9. The molecular weight excluding hydrogens is 368 g/mol. The molecule has 2 heterocycles. The predicted molar refractivity (Wildman–Crippen MR) is 109 cm³/mol. The van der Waals surface area contributed by atoms with Crippen molar-refractivity contribution in [1.29, 1.82) is 0 Å². The summed E-state index contributed by atoms with van der Waals surface area (Å²) in [4.78, 5) is 45.7. The molecule has 3 aliphatic rings. The monoisotopic (exact) mass is 398 g/mol. The van der Waals surface area contributed by atoms with E-state index < -0.39 is 5.54 Å². The van der Waals surface area contributed by atoms with E-state index in [2.05, 4.69) is 15.6 Å². The summed E-state index contributed by atoms with van der Waals surface area (Å²) in [7, 11) is 0. The molecule has 1 atom stereocenters. The standard InChI is InChI=1S/C22H30N4O3/c1-22(21(29)24-15-7-3-2-4-8-15)13-12-18(27)25-19-17(11-6-14-23-19)20(28)26(22)16-9-5-10-16/h6,11,14-16H,2-5,7-10,12-13H2,1H3,(H,24,29)(H,23,25,27). The van der Waals surface area contributed by atoms with Crippen molar-refractivity contribution in [3.05, 3.63) is 23.9 Å². The lowest BCUT2D eigenvalue weighted by molar-refractivity contribution is -0.135. The number of amides is 3. The molecule has 156 valence electrons. The number of carbonyl (C=O) groups excluding carboxylic acids is 3. The van der Waals surface area contributed by atoms with Crippen LogP contribution in [0.2, 0.25) is 0 Å². The second-order valence-corrected chi connectivity index (χ2v) is 8.79. The van der Waals surface area contributed by atoms with E-state index in [4.69, 9.17) is 0 Å². The molecule has 1 aliphatic heterocycles. The highest BCUT2D eigenvalue weighted by molar-refractivity contribution is 6.06. The van der Waals surface area contributed by atoms with Gasteiger partial charge in [-0.05, 0) is 57.6 Å². The SMILES string of the molecule is CC1(C(=O)NC2CCCCC2)CCC(=O)Nc2ncccc2C(=O)N1C1CCC1. The molecular formula is C22H30N4O3. The Morgan fingerprint density at radius 2 is 1.93 bits per heavy atom. The summed E-state index contributed by atoms with van der Waals surface area (Å²) in [6, 6.07) is 3.55. The number of hydrogen-bond donors (Lipinski definition) is 2. The molecule has 0 saturated heterocycles. The van der Waals surface area contributed by atoms with Crippen LogP contribution >= 0.6 is 0 Å². The zero-order valence-corrected chi connectivity index (χ0v) is 17.1. The number of rotatable bonds is 3. The zero-order chi connectivity index (χ0) is 20.4. The number of nitrogens with zero attached hydrogens (tertiary/aromatic N) is 2. The highest BCUT2D eigenvalue weighted by Crippen LogP contribution is 2.37. The summed E-state index contributed by atoms with van der Waals surface area (Å²) < 4.78 is 0. The molecule has 1 aromatic heterocycles. The molecule has 7 nitrogen and oxygen atoms in total. The molecule has 29 heavy (non-hydrogen) atoms. The quantitative estimate of drug-likeness (QED) is 0.819. The van der Waals surface area contributed by atoms with Crippen LogP contribution in [-0.2, 0) is 9.59 Å². The largest absolute Gasteiger partial charge is 0.351 e. The average Bonchev–Trinajstić information content (AvgIpc) is 2.72. The van der Waals surface area contributed by atoms with Gasteiger partial charge in [-0.1, -0.05) is 19.3 Å². The van der Waals surface area contributed by atoms with Gasteiger partial charge in [-0.2, -0.15) is 0 Å². The van der Waals surface area contributed by atoms with Gasteiger partial charge in [0.05, 0.1) is 5.56 Å². The van der Waals surface area contributed by atoms with Crippen LogP contribution in [0.1, 0.15) is 81.5 Å². The zero-order valence-electron chi connectivity index (χ0n) is 17.1. The van der Waals surface area contributed by atoms with Crippen LogP contribution in [0.15, 0.2) is 18.3 Å². The van der Waals surface area contributed by atoms with E-state index in [1.165, 1.54) is 6.42 Å². The van der Waals surface area contributed by atoms with Crippen LogP contribution in [0.5, 0.6) is 0 Å². The second kappa shape index (κ2) is 8.13. The minimum absolute atomic E-state index is 0.0193. The van der Waals surface area contributed by atoms with Crippen molar-refractivity contribution in [2.24, 2.45) is 0 Å². The van der Waals surface area contributed by atoms with Crippen molar-refractivity contribution in [2.75, 3.05) is 5.32 Å². The molecule has 2 saturated carbocycles. The number of carbonyl (C=O) groups is 3. The van der Waals surface area contributed by atoms with E-state index in [0.717, 1.165) is 44.9 Å². The van der Waals surface area contributed by atoms with Crippen molar-refractivity contribution >= 4 is 23.5 Å². The lowest BCUT2D eigenvalue weighted by Gasteiger charge is -2.48. The van der Waals surface area contributed by atoms with Gasteiger partial charge >= 0.3 is 0 Å². The third-order valence-corrected chi connectivity index (χ3v) is 6.75. The third kappa shape index (κ3) is 3.87. The average molecular weight is 399 g/mol. The van der Waals surface area contributed by atoms with Crippen LogP contribution in [-0.4, -0.2) is 45.2 Å². The maximum atomic E-state index is 13.7. The predicted octanol–water partition coefficient (Wildman–Crippen LogP) is 3.02. The highest BCUT2D eigenvalue weighted by atomic mass is 16.2. The van der Waals surface area contributed by atoms with Crippen LogP contribution in [0.3, 0.4) is 0 Å². The van der Waals surface area contributed by atoms with E-state index >= 15 is 0 Å². The first-order valence-electron chi connectivity index (χ1n) is 10.9. The van der Waals surface area contributed by atoms with Gasteiger partial charge in [0.2, 0.25) is 11.8 Å². The van der Waals surface area contributed by atoms with Crippen LogP contribution in [0, 0.1) is 0 Å². The van der Waals surface area contributed by atoms with Gasteiger partial charge in [-0.25, -0.2) is 4.98 Å². The summed E-state index contributed by atoms with van der Waals surface area (Å²) >= 11 is 0. The summed E-state index contributed by atoms with van der Waals surface area (Å²) in [6.45, 7) is 1.83. The molecule has 0 aromatic carbocycles. The van der Waals surface area contributed by atoms with Crippen molar-refractivity contribution in [2.45, 2.75) is 88.8 Å². The Kier molecular flexibility index (Phi) is 5.56. The molecule has 2 fully saturated rings. The Hall–Kier alpha value is -2.44. The van der Waals surface area contributed by atoms with Crippen molar-refractivity contribution in [3.8, 4) is 0 Å². The summed E-state index contributed by atoms with van der Waals surface area (Å²) in [5.41, 5.74) is -0.708. The van der Waals surface area contributed by atoms with E-state index in [0.29, 0.717) is 12.0 Å². The molecule has 1 unspecified atom stereocenters. The van der Waals surface area contributed by atoms with E-state index in [1.807, 2.05) is 6.92 Å². The van der Waals surface area contributed by atoms with Gasteiger partial charge in [0, 0.05) is 24.7 Å². The molecule has 2 N–H and O–H groups in total. The fraction of sp³-hybridized carbons (Fsp3) is 0.636. The number of fused-ring (bicyclic) bond motifs is 1. The Morgan fingerprint density at radius 1 is 1.17 bits per heavy atom. The minimum atomic E-state index is -1.06. The van der Waals surface area contributed by atoms with Gasteiger partial charge in [-0.3, -0.25) is 14.4 Å². The van der Waals surface area contributed by atoms with Gasteiger partial charge in [0.15, 0.2) is 0 Å². The van der Waals surface area contributed by atoms with Crippen molar-refractivity contribution in [3.63, 3.8) is 0 Å². The normalized spacial score (nSPS) is 26.4. The maximum Gasteiger partial charge on any atom is 0.258 e. The van der Waals surface area contributed by atoms with Gasteiger partial charge in [0.1, 0.15) is 11.4 Å². The third-order valence-electron chi connectivity index (χ3n) is 6.75. The number of aromatic nitrogens is 1. The summed E-state index contributed by atoms with van der Waals surface area (Å²) in [5, 5.41) is 5.97. The van der Waals surface area contributed by atoms with E-state index in [1.54, 1.807) is 23.2 Å². The van der Waals surface area contributed by atoms with Crippen LogP contribution < -0.4 is 10.6 Å². The highest BCUT2D eigenvalue weighted by Gasteiger charge is 2.48. The number of anilines is 1. The Morgan fingerprint density at radius 3 is 2.62 bits per heavy atom. The molecule has 2 aliphatic carbocycles. The first-order chi connectivity index (χ1) is 14.0. The summed E-state index contributed by atoms with van der Waals surface area (Å²) in [6.07, 6.45) is 10.2.